The summed E-state index contributed by atoms with van der Waals surface area (Å²) in [5, 5.41) is 34.9. The van der Waals surface area contributed by atoms with E-state index in [4.69, 9.17) is 11.6 Å². The fraction of sp³-hybridized carbons (Fsp3) is 0.720. The fourth-order valence-corrected chi connectivity index (χ4v) is 8.40. The standard InChI is InChI=1S/C25H33ClO4/c1-22-11-10-20(27)21(28)19(22)8-7-18-17(22)9-12-23(2)24(29,13-14-25(18,23)30)15-3-5-16(26)6-4-15/h3-6,17-20,27,29-30H,7-14H2,1-2H3/t17-,18-,19?,20?,22-,23-,24?,25-/m1/s1. The van der Waals surface area contributed by atoms with Crippen LogP contribution in [0.3, 0.4) is 0 Å². The van der Waals surface area contributed by atoms with Gasteiger partial charge < -0.3 is 15.3 Å². The lowest BCUT2D eigenvalue weighted by atomic mass is 9.42. The van der Waals surface area contributed by atoms with E-state index in [2.05, 4.69) is 13.8 Å². The highest BCUT2D eigenvalue weighted by molar-refractivity contribution is 6.30. The Bertz CT molecular complexity index is 870. The van der Waals surface area contributed by atoms with Gasteiger partial charge in [0.2, 0.25) is 0 Å². The van der Waals surface area contributed by atoms with Crippen molar-refractivity contribution in [1.29, 1.82) is 0 Å². The summed E-state index contributed by atoms with van der Waals surface area (Å²) in [6.45, 7) is 4.28. The maximum absolute atomic E-state index is 12.8. The van der Waals surface area contributed by atoms with Crippen molar-refractivity contribution in [1.82, 2.24) is 0 Å². The number of aliphatic hydroxyl groups excluding tert-OH is 1. The molecule has 4 nitrogen and oxygen atoms in total. The minimum atomic E-state index is -1.09. The minimum Gasteiger partial charge on any atom is -0.389 e. The first-order chi connectivity index (χ1) is 14.1. The number of hydrogen-bond donors (Lipinski definition) is 3. The predicted octanol–water partition coefficient (Wildman–Crippen LogP) is 4.23. The highest BCUT2D eigenvalue weighted by Gasteiger charge is 2.72. The van der Waals surface area contributed by atoms with E-state index in [1.165, 1.54) is 0 Å². The van der Waals surface area contributed by atoms with Gasteiger partial charge in [-0.2, -0.15) is 0 Å². The zero-order valence-corrected chi connectivity index (χ0v) is 18.7. The molecule has 4 aliphatic carbocycles. The number of benzene rings is 1. The molecule has 30 heavy (non-hydrogen) atoms. The van der Waals surface area contributed by atoms with Crippen LogP contribution in [0.4, 0.5) is 0 Å². The molecule has 0 radical (unpaired) electrons. The second-order valence-corrected chi connectivity index (χ2v) is 11.4. The fourth-order valence-electron chi connectivity index (χ4n) is 8.28. The van der Waals surface area contributed by atoms with Crippen LogP contribution in [0, 0.1) is 28.6 Å². The largest absolute Gasteiger partial charge is 0.389 e. The summed E-state index contributed by atoms with van der Waals surface area (Å²) >= 11 is 6.08. The van der Waals surface area contributed by atoms with Gasteiger partial charge in [0.25, 0.3) is 0 Å². The summed E-state index contributed by atoms with van der Waals surface area (Å²) < 4.78 is 0. The molecule has 3 N–H and O–H groups in total. The Kier molecular flexibility index (Phi) is 4.56. The number of aliphatic hydroxyl groups is 3. The third kappa shape index (κ3) is 2.42. The molecule has 0 aliphatic heterocycles. The number of fused-ring (bicyclic) bond motifs is 5. The van der Waals surface area contributed by atoms with E-state index < -0.39 is 22.7 Å². The zero-order chi connectivity index (χ0) is 21.5. The third-order valence-corrected chi connectivity index (χ3v) is 10.4. The number of ketones is 1. The maximum Gasteiger partial charge on any atom is 0.164 e. The molecule has 0 amide bonds. The van der Waals surface area contributed by atoms with Gasteiger partial charge in [-0.05, 0) is 86.3 Å². The quantitative estimate of drug-likeness (QED) is 0.620. The summed E-state index contributed by atoms with van der Waals surface area (Å²) in [4.78, 5) is 12.8. The number of rotatable bonds is 1. The summed E-state index contributed by atoms with van der Waals surface area (Å²) in [6, 6.07) is 7.41. The van der Waals surface area contributed by atoms with E-state index >= 15 is 0 Å². The second-order valence-electron chi connectivity index (χ2n) is 11.0. The Hall–Kier alpha value is -0.940. The average Bonchev–Trinajstić information content (AvgIpc) is 2.94. The van der Waals surface area contributed by atoms with Crippen LogP contribution >= 0.6 is 11.6 Å². The molecular weight excluding hydrogens is 400 g/mol. The van der Waals surface area contributed by atoms with Crippen LogP contribution < -0.4 is 0 Å². The Labute approximate surface area is 183 Å². The van der Waals surface area contributed by atoms with Crippen molar-refractivity contribution in [3.63, 3.8) is 0 Å². The van der Waals surface area contributed by atoms with Gasteiger partial charge >= 0.3 is 0 Å². The Morgan fingerprint density at radius 2 is 1.60 bits per heavy atom. The first-order valence-electron chi connectivity index (χ1n) is 11.5. The number of carbonyl (C=O) groups is 1. The first kappa shape index (κ1) is 20.9. The molecule has 0 aromatic heterocycles. The number of hydrogen-bond acceptors (Lipinski definition) is 4. The van der Waals surface area contributed by atoms with Gasteiger partial charge in [0, 0.05) is 16.4 Å². The van der Waals surface area contributed by atoms with Crippen LogP contribution in [0.5, 0.6) is 0 Å². The molecule has 5 heteroatoms. The predicted molar refractivity (Wildman–Crippen MR) is 115 cm³/mol. The highest BCUT2D eigenvalue weighted by atomic mass is 35.5. The summed E-state index contributed by atoms with van der Waals surface area (Å²) in [5.41, 5.74) is -2.03. The number of Topliss-reactive ketones (excluding diaryl/α,β-unsaturated/α-hetero) is 1. The second kappa shape index (κ2) is 6.54. The molecule has 0 bridgehead atoms. The molecule has 3 unspecified atom stereocenters. The minimum absolute atomic E-state index is 0.00613. The van der Waals surface area contributed by atoms with E-state index in [1.54, 1.807) is 0 Å². The van der Waals surface area contributed by atoms with Gasteiger partial charge in [-0.1, -0.05) is 37.6 Å². The van der Waals surface area contributed by atoms with Crippen molar-refractivity contribution >= 4 is 17.4 Å². The maximum atomic E-state index is 12.8. The SMILES string of the molecule is C[C@]12CCC(O)C(=O)C1CC[C@@H]1[C@H]2CC[C@]2(C)C(O)(c3ccc(Cl)cc3)CC[C@@]12O. The molecule has 8 atom stereocenters. The van der Waals surface area contributed by atoms with Crippen molar-refractivity contribution in [3.05, 3.63) is 34.9 Å². The van der Waals surface area contributed by atoms with E-state index in [1.807, 2.05) is 24.3 Å². The summed E-state index contributed by atoms with van der Waals surface area (Å²) in [6.07, 6.45) is 4.78. The van der Waals surface area contributed by atoms with Crippen LogP contribution in [-0.4, -0.2) is 32.8 Å². The molecule has 4 fully saturated rings. The van der Waals surface area contributed by atoms with Gasteiger partial charge in [-0.25, -0.2) is 0 Å². The van der Waals surface area contributed by atoms with Crippen LogP contribution in [-0.2, 0) is 10.4 Å². The molecular formula is C25H33ClO4. The first-order valence-corrected chi connectivity index (χ1v) is 11.9. The Balaban J connectivity index is 1.53. The van der Waals surface area contributed by atoms with Gasteiger partial charge in [0.1, 0.15) is 6.10 Å². The van der Waals surface area contributed by atoms with Gasteiger partial charge in [-0.3, -0.25) is 4.79 Å². The molecule has 0 spiro atoms. The monoisotopic (exact) mass is 432 g/mol. The van der Waals surface area contributed by atoms with Gasteiger partial charge in [0.15, 0.2) is 5.78 Å². The van der Waals surface area contributed by atoms with Crippen molar-refractivity contribution in [2.75, 3.05) is 0 Å². The van der Waals surface area contributed by atoms with E-state index in [9.17, 15) is 20.1 Å². The molecule has 4 aliphatic rings. The summed E-state index contributed by atoms with van der Waals surface area (Å²) in [7, 11) is 0. The Morgan fingerprint density at radius 1 is 0.900 bits per heavy atom. The van der Waals surface area contributed by atoms with E-state index in [0.717, 1.165) is 37.7 Å². The molecule has 4 saturated carbocycles. The number of carbonyl (C=O) groups excluding carboxylic acids is 1. The van der Waals surface area contributed by atoms with Crippen molar-refractivity contribution < 1.29 is 20.1 Å². The lowest BCUT2D eigenvalue weighted by Gasteiger charge is -2.63. The van der Waals surface area contributed by atoms with Gasteiger partial charge in [-0.15, -0.1) is 0 Å². The Morgan fingerprint density at radius 3 is 2.30 bits per heavy atom. The van der Waals surface area contributed by atoms with Crippen molar-refractivity contribution in [2.24, 2.45) is 28.6 Å². The van der Waals surface area contributed by atoms with Crippen molar-refractivity contribution in [2.45, 2.75) is 82.5 Å². The van der Waals surface area contributed by atoms with E-state index in [-0.39, 0.29) is 29.0 Å². The highest BCUT2D eigenvalue weighted by Crippen LogP contribution is 2.71. The third-order valence-electron chi connectivity index (χ3n) is 10.2. The van der Waals surface area contributed by atoms with Crippen LogP contribution in [0.25, 0.3) is 0 Å². The van der Waals surface area contributed by atoms with Crippen LogP contribution in [0.1, 0.15) is 70.8 Å². The number of halogens is 1. The molecule has 1 aromatic carbocycles. The molecule has 5 rings (SSSR count). The van der Waals surface area contributed by atoms with Gasteiger partial charge in [0.05, 0.1) is 11.2 Å². The van der Waals surface area contributed by atoms with Crippen LogP contribution in [0.15, 0.2) is 24.3 Å². The molecule has 0 heterocycles. The summed E-state index contributed by atoms with van der Waals surface area (Å²) in [5.74, 6) is 0.221. The smallest absolute Gasteiger partial charge is 0.164 e. The molecule has 164 valence electrons. The topological polar surface area (TPSA) is 77.8 Å². The average molecular weight is 433 g/mol. The normalized spacial score (nSPS) is 50.5. The van der Waals surface area contributed by atoms with E-state index in [0.29, 0.717) is 24.3 Å². The molecule has 1 aromatic rings. The van der Waals surface area contributed by atoms with Crippen molar-refractivity contribution in [3.8, 4) is 0 Å². The zero-order valence-electron chi connectivity index (χ0n) is 17.9. The van der Waals surface area contributed by atoms with Crippen LogP contribution in [0.2, 0.25) is 5.02 Å². The molecule has 0 saturated heterocycles. The lowest BCUT2D eigenvalue weighted by Crippen LogP contribution is -2.65. The lowest BCUT2D eigenvalue weighted by molar-refractivity contribution is -0.236.